The molecule has 4 aromatic rings. The van der Waals surface area contributed by atoms with Gasteiger partial charge in [0.05, 0.1) is 5.69 Å². The molecule has 0 bridgehead atoms. The highest BCUT2D eigenvalue weighted by molar-refractivity contribution is 7.10. The van der Waals surface area contributed by atoms with E-state index in [-0.39, 0.29) is 11.7 Å². The second-order valence-corrected chi connectivity index (χ2v) is 10.1. The van der Waals surface area contributed by atoms with Crippen molar-refractivity contribution in [2.75, 3.05) is 38.6 Å². The zero-order chi connectivity index (χ0) is 25.9. The van der Waals surface area contributed by atoms with Gasteiger partial charge >= 0.3 is 0 Å². The van der Waals surface area contributed by atoms with E-state index in [1.165, 1.54) is 29.2 Å². The van der Waals surface area contributed by atoms with E-state index in [2.05, 4.69) is 39.3 Å². The summed E-state index contributed by atoms with van der Waals surface area (Å²) >= 11 is 1.31. The van der Waals surface area contributed by atoms with Crippen molar-refractivity contribution in [1.29, 1.82) is 0 Å². The summed E-state index contributed by atoms with van der Waals surface area (Å²) in [4.78, 5) is 26.1. The number of rotatable bonds is 8. The molecule has 1 N–H and O–H groups in total. The third kappa shape index (κ3) is 5.21. The quantitative estimate of drug-likeness (QED) is 0.364. The van der Waals surface area contributed by atoms with E-state index in [1.54, 1.807) is 12.1 Å². The number of carbonyl (C=O) groups excluding carboxylic acids is 1. The van der Waals surface area contributed by atoms with Crippen LogP contribution in [-0.4, -0.2) is 63.3 Å². The van der Waals surface area contributed by atoms with Gasteiger partial charge in [0.15, 0.2) is 5.82 Å². The minimum atomic E-state index is -0.281. The summed E-state index contributed by atoms with van der Waals surface area (Å²) < 4.78 is 20.0. The predicted molar refractivity (Wildman–Crippen MR) is 145 cm³/mol. The fourth-order valence-corrected chi connectivity index (χ4v) is 5.59. The second kappa shape index (κ2) is 10.9. The van der Waals surface area contributed by atoms with E-state index in [9.17, 15) is 9.18 Å². The number of benzene rings is 1. The molecule has 3 aromatic heterocycles. The van der Waals surface area contributed by atoms with Crippen LogP contribution in [-0.2, 0) is 11.2 Å². The Labute approximate surface area is 220 Å². The van der Waals surface area contributed by atoms with Crippen LogP contribution in [0.5, 0.6) is 0 Å². The Morgan fingerprint density at radius 3 is 2.62 bits per heavy atom. The molecule has 8 nitrogen and oxygen atoms in total. The molecular weight excluding hydrogens is 489 g/mol. The summed E-state index contributed by atoms with van der Waals surface area (Å²) in [5.74, 6) is 1.90. The van der Waals surface area contributed by atoms with Gasteiger partial charge in [0.2, 0.25) is 11.0 Å². The molecule has 0 atom stereocenters. The van der Waals surface area contributed by atoms with Gasteiger partial charge in [-0.3, -0.25) is 9.20 Å². The zero-order valence-electron chi connectivity index (χ0n) is 21.4. The zero-order valence-corrected chi connectivity index (χ0v) is 22.3. The molecule has 4 heterocycles. The summed E-state index contributed by atoms with van der Waals surface area (Å²) in [6.07, 6.45) is 5.43. The maximum Gasteiger partial charge on any atom is 0.223 e. The molecule has 10 heteroatoms. The minimum absolute atomic E-state index is 0.228. The van der Waals surface area contributed by atoms with Crippen molar-refractivity contribution >= 4 is 34.0 Å². The molecule has 0 aliphatic carbocycles. The number of amides is 1. The maximum atomic E-state index is 13.3. The molecule has 1 amide bonds. The highest BCUT2D eigenvalue weighted by atomic mass is 32.1. The largest absolute Gasteiger partial charge is 0.343 e. The number of pyridine rings is 1. The van der Waals surface area contributed by atoms with Gasteiger partial charge in [0.1, 0.15) is 17.3 Å². The molecule has 1 aliphatic heterocycles. The van der Waals surface area contributed by atoms with Crippen molar-refractivity contribution in [2.45, 2.75) is 38.5 Å². The Bertz CT molecular complexity index is 1380. The predicted octanol–water partition coefficient (Wildman–Crippen LogP) is 4.64. The van der Waals surface area contributed by atoms with Gasteiger partial charge in [0, 0.05) is 56.4 Å². The van der Waals surface area contributed by atoms with Crippen molar-refractivity contribution in [3.63, 3.8) is 0 Å². The SMILES string of the molecule is CCc1nc2ccc(C3CCN(C(=O)CCNC)CC3)cn2c1N(C)c1nc(-c2ccc(F)cc2)ns1. The number of halogens is 1. The number of nitrogens with one attached hydrogen (secondary N) is 1. The number of nitrogens with zero attached hydrogens (tertiary/aromatic N) is 6. The molecule has 1 saturated heterocycles. The lowest BCUT2D eigenvalue weighted by Crippen LogP contribution is -2.38. The lowest BCUT2D eigenvalue weighted by Gasteiger charge is -2.32. The van der Waals surface area contributed by atoms with E-state index in [4.69, 9.17) is 9.97 Å². The molecule has 0 radical (unpaired) electrons. The Hall–Kier alpha value is -3.37. The monoisotopic (exact) mass is 521 g/mol. The van der Waals surface area contributed by atoms with Crippen LogP contribution in [0.4, 0.5) is 15.3 Å². The topological polar surface area (TPSA) is 78.7 Å². The Kier molecular flexibility index (Phi) is 7.48. The summed E-state index contributed by atoms with van der Waals surface area (Å²) in [6, 6.07) is 10.5. The Balaban J connectivity index is 1.39. The summed E-state index contributed by atoms with van der Waals surface area (Å²) in [5, 5.41) is 3.80. The van der Waals surface area contributed by atoms with E-state index in [0.29, 0.717) is 24.7 Å². The highest BCUT2D eigenvalue weighted by Gasteiger charge is 2.25. The molecule has 0 saturated carbocycles. The number of hydrogen-bond acceptors (Lipinski definition) is 7. The number of aromatic nitrogens is 4. The number of fused-ring (bicyclic) bond motifs is 1. The average Bonchev–Trinajstić information content (AvgIpc) is 3.57. The molecule has 5 rings (SSSR count). The number of piperidine rings is 1. The third-order valence-corrected chi connectivity index (χ3v) is 7.84. The van der Waals surface area contributed by atoms with Gasteiger partial charge in [0.25, 0.3) is 0 Å². The summed E-state index contributed by atoms with van der Waals surface area (Å²) in [5.41, 5.74) is 3.92. The van der Waals surface area contributed by atoms with E-state index in [0.717, 1.165) is 60.2 Å². The van der Waals surface area contributed by atoms with Crippen LogP contribution in [0.25, 0.3) is 17.0 Å². The van der Waals surface area contributed by atoms with E-state index < -0.39 is 0 Å². The lowest BCUT2D eigenvalue weighted by atomic mass is 9.90. The van der Waals surface area contributed by atoms with Crippen LogP contribution in [0.15, 0.2) is 42.6 Å². The average molecular weight is 522 g/mol. The number of hydrogen-bond donors (Lipinski definition) is 1. The first kappa shape index (κ1) is 25.3. The molecule has 1 aromatic carbocycles. The number of imidazole rings is 1. The minimum Gasteiger partial charge on any atom is -0.343 e. The number of aryl methyl sites for hydroxylation is 1. The van der Waals surface area contributed by atoms with Crippen LogP contribution in [0.3, 0.4) is 0 Å². The maximum absolute atomic E-state index is 13.3. The lowest BCUT2D eigenvalue weighted by molar-refractivity contribution is -0.132. The van der Waals surface area contributed by atoms with Crippen molar-refractivity contribution < 1.29 is 9.18 Å². The van der Waals surface area contributed by atoms with Crippen molar-refractivity contribution in [3.05, 3.63) is 59.7 Å². The molecule has 37 heavy (non-hydrogen) atoms. The van der Waals surface area contributed by atoms with Gasteiger partial charge in [-0.15, -0.1) is 0 Å². The van der Waals surface area contributed by atoms with Gasteiger partial charge in [-0.25, -0.2) is 9.37 Å². The van der Waals surface area contributed by atoms with Crippen LogP contribution >= 0.6 is 11.5 Å². The first-order valence-corrected chi connectivity index (χ1v) is 13.5. The molecule has 0 unspecified atom stereocenters. The Morgan fingerprint density at radius 1 is 1.16 bits per heavy atom. The van der Waals surface area contributed by atoms with Gasteiger partial charge in [-0.05, 0) is 68.1 Å². The number of carbonyl (C=O) groups is 1. The van der Waals surface area contributed by atoms with Gasteiger partial charge in [-0.2, -0.15) is 9.36 Å². The van der Waals surface area contributed by atoms with Crippen LogP contribution in [0, 0.1) is 5.82 Å². The van der Waals surface area contributed by atoms with Gasteiger partial charge in [-0.1, -0.05) is 13.0 Å². The van der Waals surface area contributed by atoms with E-state index in [1.807, 2.05) is 23.9 Å². The number of anilines is 2. The van der Waals surface area contributed by atoms with E-state index >= 15 is 0 Å². The van der Waals surface area contributed by atoms with Crippen molar-refractivity contribution in [2.24, 2.45) is 0 Å². The fourth-order valence-electron chi connectivity index (χ4n) is 4.94. The first-order chi connectivity index (χ1) is 18.0. The van der Waals surface area contributed by atoms with Gasteiger partial charge < -0.3 is 15.1 Å². The molecular formula is C27H32FN7OS. The molecule has 1 aliphatic rings. The standard InChI is InChI=1S/C27H32FN7OS/c1-4-22-26(33(3)27-31-25(32-37-27)19-5-8-21(28)9-6-19)35-17-20(7-10-23(35)30-22)18-12-15-34(16-13-18)24(36)11-14-29-2/h5-10,17-18,29H,4,11-16H2,1-3H3. The first-order valence-electron chi connectivity index (χ1n) is 12.7. The summed E-state index contributed by atoms with van der Waals surface area (Å²) in [6.45, 7) is 4.40. The van der Waals surface area contributed by atoms with Crippen molar-refractivity contribution in [1.82, 2.24) is 29.0 Å². The third-order valence-electron chi connectivity index (χ3n) is 7.05. The number of likely N-dealkylation sites (tertiary alicyclic amines) is 1. The highest BCUT2D eigenvalue weighted by Crippen LogP contribution is 2.34. The van der Waals surface area contributed by atoms with Crippen LogP contribution in [0.2, 0.25) is 0 Å². The molecule has 194 valence electrons. The summed E-state index contributed by atoms with van der Waals surface area (Å²) in [7, 11) is 3.86. The van der Waals surface area contributed by atoms with Crippen LogP contribution in [0.1, 0.15) is 43.4 Å². The fraction of sp³-hybridized carbons (Fsp3) is 0.407. The molecule has 0 spiro atoms. The molecule has 1 fully saturated rings. The second-order valence-electron chi connectivity index (χ2n) is 9.40. The van der Waals surface area contributed by atoms with Crippen LogP contribution < -0.4 is 10.2 Å². The Morgan fingerprint density at radius 2 is 1.92 bits per heavy atom. The normalized spacial score (nSPS) is 14.4. The smallest absolute Gasteiger partial charge is 0.223 e. The van der Waals surface area contributed by atoms with Crippen molar-refractivity contribution in [3.8, 4) is 11.4 Å².